The van der Waals surface area contributed by atoms with E-state index in [1.54, 1.807) is 19.1 Å². The molecule has 0 saturated carbocycles. The SMILES string of the molecule is Cc1c(OS(=O)(=O)C(F)(F)F)ccc2c1C[C@@H](C)N(CC(F)(F)F)C2c1ccc(NC2CN(CCCF)C2)cn1. The van der Waals surface area contributed by atoms with E-state index in [2.05, 4.69) is 19.4 Å². The van der Waals surface area contributed by atoms with E-state index in [0.717, 1.165) is 19.2 Å². The van der Waals surface area contributed by atoms with Crippen LogP contribution in [0, 0.1) is 6.92 Å². The van der Waals surface area contributed by atoms with Gasteiger partial charge in [0, 0.05) is 25.7 Å². The van der Waals surface area contributed by atoms with Gasteiger partial charge in [-0.1, -0.05) is 6.07 Å². The van der Waals surface area contributed by atoms with E-state index in [9.17, 15) is 39.2 Å². The molecule has 2 atom stereocenters. The Labute approximate surface area is 227 Å². The second kappa shape index (κ2) is 11.3. The van der Waals surface area contributed by atoms with Crippen molar-refractivity contribution < 1.29 is 43.3 Å². The van der Waals surface area contributed by atoms with Crippen molar-refractivity contribution in [3.63, 3.8) is 0 Å². The van der Waals surface area contributed by atoms with Gasteiger partial charge in [-0.15, -0.1) is 0 Å². The van der Waals surface area contributed by atoms with Crippen LogP contribution in [0.3, 0.4) is 0 Å². The standard InChI is InChI=1S/C25H29F7N4O3S/c1-15-10-20-16(2)22(39-40(37,38)25(30,31)32)7-5-19(20)23(36(15)14-24(27,28)29)21-6-4-17(11-33-21)34-18-12-35(13-18)9-3-8-26/h4-7,11,15,18,23,34H,3,8-10,12-14H2,1-2H3/t15-,23?/m1/s1. The van der Waals surface area contributed by atoms with E-state index < -0.39 is 46.2 Å². The summed E-state index contributed by atoms with van der Waals surface area (Å²) in [5.74, 6) is -0.542. The molecule has 2 aliphatic heterocycles. The van der Waals surface area contributed by atoms with Crippen LogP contribution in [0.15, 0.2) is 30.5 Å². The Morgan fingerprint density at radius 2 is 1.80 bits per heavy atom. The molecule has 2 aliphatic rings. The molecule has 3 heterocycles. The van der Waals surface area contributed by atoms with E-state index in [1.807, 2.05) is 0 Å². The minimum absolute atomic E-state index is 0.0250. The van der Waals surface area contributed by atoms with Crippen LogP contribution in [0.2, 0.25) is 0 Å². The molecule has 0 bridgehead atoms. The van der Waals surface area contributed by atoms with Gasteiger partial charge >= 0.3 is 21.8 Å². The minimum Gasteiger partial charge on any atom is -0.378 e. The summed E-state index contributed by atoms with van der Waals surface area (Å²) in [6.07, 6.45) is -2.55. The van der Waals surface area contributed by atoms with Crippen LogP contribution in [-0.2, 0) is 16.5 Å². The highest BCUT2D eigenvalue weighted by atomic mass is 32.2. The Balaban J connectivity index is 1.63. The third-order valence-electron chi connectivity index (χ3n) is 7.12. The van der Waals surface area contributed by atoms with Gasteiger partial charge in [-0.3, -0.25) is 19.2 Å². The Kier molecular flexibility index (Phi) is 8.58. The van der Waals surface area contributed by atoms with Gasteiger partial charge in [-0.25, -0.2) is 0 Å². The maximum Gasteiger partial charge on any atom is 0.534 e. The molecule has 4 rings (SSSR count). The summed E-state index contributed by atoms with van der Waals surface area (Å²) in [5, 5.41) is 3.29. The predicted molar refractivity (Wildman–Crippen MR) is 133 cm³/mol. The normalized spacial score (nSPS) is 21.1. The van der Waals surface area contributed by atoms with E-state index >= 15 is 0 Å². The molecule has 0 amide bonds. The first kappa shape index (κ1) is 30.3. The minimum atomic E-state index is -5.93. The Hall–Kier alpha value is -2.65. The summed E-state index contributed by atoms with van der Waals surface area (Å²) in [6, 6.07) is 4.01. The lowest BCUT2D eigenvalue weighted by atomic mass is 9.84. The van der Waals surface area contributed by atoms with E-state index in [1.165, 1.54) is 24.1 Å². The number of alkyl halides is 7. The van der Waals surface area contributed by atoms with Gasteiger partial charge in [0.15, 0.2) is 0 Å². The number of hydrogen-bond acceptors (Lipinski definition) is 7. The lowest BCUT2D eigenvalue weighted by Crippen LogP contribution is -2.54. The lowest BCUT2D eigenvalue weighted by Gasteiger charge is -2.42. The van der Waals surface area contributed by atoms with Crippen molar-refractivity contribution in [3.8, 4) is 5.75 Å². The summed E-state index contributed by atoms with van der Waals surface area (Å²) in [5.41, 5.74) is -3.83. The van der Waals surface area contributed by atoms with E-state index in [4.69, 9.17) is 0 Å². The first-order valence-corrected chi connectivity index (χ1v) is 14.0. The summed E-state index contributed by atoms with van der Waals surface area (Å²) < 4.78 is 119. The van der Waals surface area contributed by atoms with Gasteiger partial charge in [0.2, 0.25) is 0 Å². The smallest absolute Gasteiger partial charge is 0.378 e. The molecule has 0 aliphatic carbocycles. The molecule has 1 unspecified atom stereocenters. The number of nitrogens with zero attached hydrogens (tertiary/aromatic N) is 3. The quantitative estimate of drug-likeness (QED) is 0.248. The molecule has 0 radical (unpaired) electrons. The first-order valence-electron chi connectivity index (χ1n) is 12.6. The number of aromatic nitrogens is 1. The molecule has 0 spiro atoms. The zero-order valence-corrected chi connectivity index (χ0v) is 22.5. The average molecular weight is 599 g/mol. The number of anilines is 1. The third-order valence-corrected chi connectivity index (χ3v) is 8.09. The maximum absolute atomic E-state index is 13.6. The van der Waals surface area contributed by atoms with E-state index in [0.29, 0.717) is 29.8 Å². The molecule has 1 saturated heterocycles. The second-order valence-electron chi connectivity index (χ2n) is 10.1. The zero-order chi connectivity index (χ0) is 29.5. The van der Waals surface area contributed by atoms with Gasteiger partial charge in [0.1, 0.15) is 5.75 Å². The molecule has 7 nitrogen and oxygen atoms in total. The second-order valence-corrected chi connectivity index (χ2v) is 11.6. The van der Waals surface area contributed by atoms with E-state index in [-0.39, 0.29) is 30.4 Å². The number of fused-ring (bicyclic) bond motifs is 1. The summed E-state index contributed by atoms with van der Waals surface area (Å²) in [4.78, 5) is 7.74. The number of pyridine rings is 1. The summed E-state index contributed by atoms with van der Waals surface area (Å²) in [7, 11) is -5.93. The van der Waals surface area contributed by atoms with Crippen LogP contribution in [-0.4, -0.2) is 79.8 Å². The predicted octanol–water partition coefficient (Wildman–Crippen LogP) is 4.97. The molecular weight excluding hydrogens is 569 g/mol. The summed E-state index contributed by atoms with van der Waals surface area (Å²) >= 11 is 0. The van der Waals surface area contributed by atoms with Gasteiger partial charge < -0.3 is 9.50 Å². The van der Waals surface area contributed by atoms with Crippen molar-refractivity contribution in [2.75, 3.05) is 38.2 Å². The van der Waals surface area contributed by atoms with Crippen LogP contribution in [0.25, 0.3) is 0 Å². The van der Waals surface area contributed by atoms with Gasteiger partial charge in [-0.05, 0) is 61.6 Å². The van der Waals surface area contributed by atoms with Crippen LogP contribution in [0.4, 0.5) is 36.4 Å². The Morgan fingerprint density at radius 1 is 1.10 bits per heavy atom. The van der Waals surface area contributed by atoms with Gasteiger partial charge in [0.25, 0.3) is 0 Å². The largest absolute Gasteiger partial charge is 0.534 e. The summed E-state index contributed by atoms with van der Waals surface area (Å²) in [6.45, 7) is 3.41. The van der Waals surface area contributed by atoms with Gasteiger partial charge in [0.05, 0.1) is 42.9 Å². The number of halogens is 7. The number of hydrogen-bond donors (Lipinski definition) is 1. The number of benzene rings is 1. The highest BCUT2D eigenvalue weighted by Gasteiger charge is 2.49. The van der Waals surface area contributed by atoms with Crippen molar-refractivity contribution in [2.24, 2.45) is 0 Å². The molecular formula is C25H29F7N4O3S. The number of likely N-dealkylation sites (tertiary alicyclic amines) is 1. The first-order chi connectivity index (χ1) is 18.6. The molecule has 1 aromatic heterocycles. The molecule has 40 heavy (non-hydrogen) atoms. The molecule has 1 fully saturated rings. The van der Waals surface area contributed by atoms with Crippen molar-refractivity contribution in [1.29, 1.82) is 0 Å². The zero-order valence-electron chi connectivity index (χ0n) is 21.7. The van der Waals surface area contributed by atoms with Gasteiger partial charge in [-0.2, -0.15) is 34.8 Å². The highest BCUT2D eigenvalue weighted by molar-refractivity contribution is 7.88. The van der Waals surface area contributed by atoms with Crippen molar-refractivity contribution in [3.05, 3.63) is 52.8 Å². The highest BCUT2D eigenvalue weighted by Crippen LogP contribution is 2.43. The molecule has 2 aromatic rings. The van der Waals surface area contributed by atoms with Crippen LogP contribution < -0.4 is 9.50 Å². The topological polar surface area (TPSA) is 74.8 Å². The molecule has 15 heteroatoms. The fraction of sp³-hybridized carbons (Fsp3) is 0.560. The number of rotatable bonds is 9. The molecule has 1 aromatic carbocycles. The van der Waals surface area contributed by atoms with Crippen LogP contribution in [0.5, 0.6) is 5.75 Å². The lowest BCUT2D eigenvalue weighted by molar-refractivity contribution is -0.155. The van der Waals surface area contributed by atoms with Crippen molar-refractivity contribution >= 4 is 15.8 Å². The maximum atomic E-state index is 13.6. The average Bonchev–Trinajstić information content (AvgIpc) is 2.82. The monoisotopic (exact) mass is 598 g/mol. The number of nitrogens with one attached hydrogen (secondary N) is 1. The Bertz CT molecular complexity index is 1300. The Morgan fingerprint density at radius 3 is 2.38 bits per heavy atom. The van der Waals surface area contributed by atoms with Crippen molar-refractivity contribution in [1.82, 2.24) is 14.8 Å². The van der Waals surface area contributed by atoms with Crippen LogP contribution >= 0.6 is 0 Å². The van der Waals surface area contributed by atoms with Crippen LogP contribution in [0.1, 0.15) is 41.8 Å². The fourth-order valence-electron chi connectivity index (χ4n) is 5.18. The third kappa shape index (κ3) is 6.62. The molecule has 222 valence electrons. The van der Waals surface area contributed by atoms with Crippen molar-refractivity contribution in [2.45, 2.75) is 56.5 Å². The fourth-order valence-corrected chi connectivity index (χ4v) is 5.69. The molecule has 1 N–H and O–H groups in total.